The minimum atomic E-state index is -0.393. The van der Waals surface area contributed by atoms with Gasteiger partial charge in [-0.05, 0) is 51.7 Å². The number of piperidine rings is 1. The average Bonchev–Trinajstić information content (AvgIpc) is 2.26. The summed E-state index contributed by atoms with van der Waals surface area (Å²) in [6.07, 6.45) is 3.64. The maximum absolute atomic E-state index is 11.2. The molecule has 1 aliphatic heterocycles. The van der Waals surface area contributed by atoms with Crippen LogP contribution in [0.3, 0.4) is 0 Å². The van der Waals surface area contributed by atoms with Crippen molar-refractivity contribution >= 4 is 5.91 Å². The molecule has 3 N–H and O–H groups in total. The lowest BCUT2D eigenvalue weighted by atomic mass is 9.99. The van der Waals surface area contributed by atoms with Crippen molar-refractivity contribution in [1.82, 2.24) is 10.2 Å². The molecule has 1 rings (SSSR count). The topological polar surface area (TPSA) is 58.4 Å². The van der Waals surface area contributed by atoms with Gasteiger partial charge in [-0.1, -0.05) is 6.92 Å². The first-order chi connectivity index (χ1) is 7.59. The lowest BCUT2D eigenvalue weighted by Crippen LogP contribution is -2.40. The molecule has 4 heteroatoms. The first-order valence-corrected chi connectivity index (χ1v) is 6.35. The summed E-state index contributed by atoms with van der Waals surface area (Å²) in [4.78, 5) is 13.7. The van der Waals surface area contributed by atoms with E-state index in [1.165, 1.54) is 25.9 Å². The molecule has 0 aromatic carbocycles. The Kier molecular flexibility index (Phi) is 5.77. The summed E-state index contributed by atoms with van der Waals surface area (Å²) in [5, 5.41) is 2.84. The van der Waals surface area contributed by atoms with Crippen molar-refractivity contribution in [2.75, 3.05) is 26.2 Å². The molecule has 0 saturated carbocycles. The minimum absolute atomic E-state index is 0.0488. The van der Waals surface area contributed by atoms with Crippen LogP contribution in [0.5, 0.6) is 0 Å². The number of carbonyl (C=O) groups excluding carboxylic acids is 1. The van der Waals surface area contributed by atoms with E-state index in [-0.39, 0.29) is 5.91 Å². The fourth-order valence-electron chi connectivity index (χ4n) is 1.96. The second-order valence-corrected chi connectivity index (χ2v) is 4.96. The standard InChI is InChI=1S/C12H25N3O/c1-10-4-8-15(9-5-10)7-3-6-14-12(16)11(2)13/h10-11H,3-9,13H2,1-2H3,(H,14,16). The summed E-state index contributed by atoms with van der Waals surface area (Å²) in [7, 11) is 0. The predicted octanol–water partition coefficient (Wildman–Crippen LogP) is 0.572. The van der Waals surface area contributed by atoms with Gasteiger partial charge in [-0.15, -0.1) is 0 Å². The van der Waals surface area contributed by atoms with Crippen LogP contribution in [0.1, 0.15) is 33.1 Å². The summed E-state index contributed by atoms with van der Waals surface area (Å²) in [5.74, 6) is 0.835. The summed E-state index contributed by atoms with van der Waals surface area (Å²) in [6.45, 7) is 8.28. The van der Waals surface area contributed by atoms with Crippen molar-refractivity contribution in [2.24, 2.45) is 11.7 Å². The molecule has 1 heterocycles. The maximum atomic E-state index is 11.2. The van der Waals surface area contributed by atoms with Crippen LogP contribution in [0.4, 0.5) is 0 Å². The van der Waals surface area contributed by atoms with Gasteiger partial charge in [-0.2, -0.15) is 0 Å². The molecule has 0 aromatic rings. The number of rotatable bonds is 5. The Hall–Kier alpha value is -0.610. The zero-order valence-corrected chi connectivity index (χ0v) is 10.5. The van der Waals surface area contributed by atoms with E-state index in [1.807, 2.05) is 0 Å². The lowest BCUT2D eigenvalue weighted by molar-refractivity contribution is -0.121. The number of amides is 1. The summed E-state index contributed by atoms with van der Waals surface area (Å²) in [6, 6.07) is -0.393. The molecule has 0 aromatic heterocycles. The van der Waals surface area contributed by atoms with Gasteiger partial charge >= 0.3 is 0 Å². The SMILES string of the molecule is CC1CCN(CCCNC(=O)C(C)N)CC1. The van der Waals surface area contributed by atoms with Crippen LogP contribution in [0, 0.1) is 5.92 Å². The van der Waals surface area contributed by atoms with Crippen LogP contribution < -0.4 is 11.1 Å². The Morgan fingerprint density at radius 1 is 1.50 bits per heavy atom. The molecule has 4 nitrogen and oxygen atoms in total. The van der Waals surface area contributed by atoms with E-state index in [0.717, 1.165) is 25.4 Å². The summed E-state index contributed by atoms with van der Waals surface area (Å²) in [5.41, 5.74) is 5.45. The number of hydrogen-bond acceptors (Lipinski definition) is 3. The van der Waals surface area contributed by atoms with Gasteiger partial charge in [0.1, 0.15) is 0 Å². The number of nitrogens with two attached hydrogens (primary N) is 1. The van der Waals surface area contributed by atoms with Gasteiger partial charge < -0.3 is 16.0 Å². The van der Waals surface area contributed by atoms with Gasteiger partial charge in [-0.3, -0.25) is 4.79 Å². The number of nitrogens with zero attached hydrogens (tertiary/aromatic N) is 1. The normalized spacial score (nSPS) is 20.7. The van der Waals surface area contributed by atoms with Crippen molar-refractivity contribution in [3.63, 3.8) is 0 Å². The predicted molar refractivity (Wildman–Crippen MR) is 66.1 cm³/mol. The highest BCUT2D eigenvalue weighted by molar-refractivity contribution is 5.80. The molecule has 94 valence electrons. The molecule has 1 amide bonds. The Morgan fingerprint density at radius 2 is 2.12 bits per heavy atom. The van der Waals surface area contributed by atoms with E-state index in [2.05, 4.69) is 17.1 Å². The van der Waals surface area contributed by atoms with Crippen LogP contribution in [0.2, 0.25) is 0 Å². The molecule has 0 spiro atoms. The highest BCUT2D eigenvalue weighted by Gasteiger charge is 2.14. The fraction of sp³-hybridized carbons (Fsp3) is 0.917. The van der Waals surface area contributed by atoms with Gasteiger partial charge in [0.25, 0.3) is 0 Å². The van der Waals surface area contributed by atoms with Crippen LogP contribution >= 0.6 is 0 Å². The molecule has 1 unspecified atom stereocenters. The molecular formula is C12H25N3O. The number of nitrogens with one attached hydrogen (secondary N) is 1. The summed E-state index contributed by atoms with van der Waals surface area (Å²) >= 11 is 0. The zero-order chi connectivity index (χ0) is 12.0. The minimum Gasteiger partial charge on any atom is -0.355 e. The molecule has 1 atom stereocenters. The highest BCUT2D eigenvalue weighted by atomic mass is 16.2. The van der Waals surface area contributed by atoms with E-state index in [4.69, 9.17) is 5.73 Å². The van der Waals surface area contributed by atoms with Gasteiger partial charge in [0.15, 0.2) is 0 Å². The van der Waals surface area contributed by atoms with Crippen LogP contribution in [0.25, 0.3) is 0 Å². The number of hydrogen-bond donors (Lipinski definition) is 2. The van der Waals surface area contributed by atoms with Crippen LogP contribution in [0.15, 0.2) is 0 Å². The third-order valence-electron chi connectivity index (χ3n) is 3.24. The third-order valence-corrected chi connectivity index (χ3v) is 3.24. The molecule has 0 aliphatic carbocycles. The number of carbonyl (C=O) groups is 1. The van der Waals surface area contributed by atoms with Crippen molar-refractivity contribution in [3.05, 3.63) is 0 Å². The smallest absolute Gasteiger partial charge is 0.236 e. The Bertz CT molecular complexity index is 210. The molecule has 16 heavy (non-hydrogen) atoms. The van der Waals surface area contributed by atoms with Crippen molar-refractivity contribution in [3.8, 4) is 0 Å². The van der Waals surface area contributed by atoms with Gasteiger partial charge in [-0.25, -0.2) is 0 Å². The van der Waals surface area contributed by atoms with Gasteiger partial charge in [0.2, 0.25) is 5.91 Å². The van der Waals surface area contributed by atoms with E-state index < -0.39 is 6.04 Å². The zero-order valence-electron chi connectivity index (χ0n) is 10.5. The van der Waals surface area contributed by atoms with E-state index >= 15 is 0 Å². The second kappa shape index (κ2) is 6.86. The molecule has 1 saturated heterocycles. The average molecular weight is 227 g/mol. The summed E-state index contributed by atoms with van der Waals surface area (Å²) < 4.78 is 0. The highest BCUT2D eigenvalue weighted by Crippen LogP contribution is 2.15. The van der Waals surface area contributed by atoms with Crippen molar-refractivity contribution in [2.45, 2.75) is 39.2 Å². The lowest BCUT2D eigenvalue weighted by Gasteiger charge is -2.30. The van der Waals surface area contributed by atoms with E-state index in [0.29, 0.717) is 0 Å². The van der Waals surface area contributed by atoms with Crippen molar-refractivity contribution in [1.29, 1.82) is 0 Å². The quantitative estimate of drug-likeness (QED) is 0.675. The second-order valence-electron chi connectivity index (χ2n) is 4.96. The van der Waals surface area contributed by atoms with Crippen LogP contribution in [-0.4, -0.2) is 43.0 Å². The Balaban J connectivity index is 2.01. The van der Waals surface area contributed by atoms with E-state index in [1.54, 1.807) is 6.92 Å². The maximum Gasteiger partial charge on any atom is 0.236 e. The number of likely N-dealkylation sites (tertiary alicyclic amines) is 1. The van der Waals surface area contributed by atoms with Gasteiger partial charge in [0, 0.05) is 6.54 Å². The largest absolute Gasteiger partial charge is 0.355 e. The molecule has 1 aliphatic rings. The van der Waals surface area contributed by atoms with E-state index in [9.17, 15) is 4.79 Å². The molecule has 0 bridgehead atoms. The fourth-order valence-corrected chi connectivity index (χ4v) is 1.96. The molecule has 1 fully saturated rings. The van der Waals surface area contributed by atoms with Gasteiger partial charge in [0.05, 0.1) is 6.04 Å². The molecular weight excluding hydrogens is 202 g/mol. The Labute approximate surface area is 98.6 Å². The first kappa shape index (κ1) is 13.5. The van der Waals surface area contributed by atoms with Crippen molar-refractivity contribution < 1.29 is 4.79 Å². The monoisotopic (exact) mass is 227 g/mol. The third kappa shape index (κ3) is 4.94. The first-order valence-electron chi connectivity index (χ1n) is 6.35. The van der Waals surface area contributed by atoms with Crippen LogP contribution in [-0.2, 0) is 4.79 Å². The Morgan fingerprint density at radius 3 is 2.69 bits per heavy atom. The molecule has 0 radical (unpaired) electrons.